The van der Waals surface area contributed by atoms with Gasteiger partial charge < -0.3 is 60.0 Å². The summed E-state index contributed by atoms with van der Waals surface area (Å²) in [6, 6.07) is 18.4. The van der Waals surface area contributed by atoms with E-state index < -0.39 is 22.5 Å². The average molecular weight is 1610 g/mol. The minimum absolute atomic E-state index is 0.0176. The van der Waals surface area contributed by atoms with Crippen molar-refractivity contribution in [1.29, 1.82) is 0 Å². The molecule has 6 aliphatic rings. The number of carbonyl (C=O) groups is 1. The number of nitrogens with zero attached hydrogens (tertiary/aromatic N) is 17. The van der Waals surface area contributed by atoms with Crippen LogP contribution >= 0.6 is 0 Å². The molecule has 4 aliphatic carbocycles. The molecular weight excluding hydrogens is 1490 g/mol. The van der Waals surface area contributed by atoms with Crippen molar-refractivity contribution in [3.8, 4) is 33.4 Å². The highest BCUT2D eigenvalue weighted by molar-refractivity contribution is 7.90. The fourth-order valence-electron chi connectivity index (χ4n) is 17.1. The highest BCUT2D eigenvalue weighted by atomic mass is 32.2. The van der Waals surface area contributed by atoms with Gasteiger partial charge in [0.2, 0.25) is 17.8 Å². The molecule has 9 aromatic rings. The van der Waals surface area contributed by atoms with Crippen LogP contribution in [0.1, 0.15) is 180 Å². The van der Waals surface area contributed by atoms with Crippen LogP contribution in [0.15, 0.2) is 96.8 Å². The van der Waals surface area contributed by atoms with Crippen molar-refractivity contribution in [2.24, 2.45) is 11.8 Å². The molecule has 5 N–H and O–H groups in total. The van der Waals surface area contributed by atoms with Crippen molar-refractivity contribution in [2.45, 2.75) is 211 Å². The van der Waals surface area contributed by atoms with E-state index in [2.05, 4.69) is 129 Å². The van der Waals surface area contributed by atoms with E-state index in [-0.39, 0.29) is 48.0 Å². The first-order chi connectivity index (χ1) is 55.5. The Labute approximate surface area is 674 Å². The van der Waals surface area contributed by atoms with Crippen LogP contribution in [-0.4, -0.2) is 247 Å². The number of pyridine rings is 3. The fraction of sp³-hybridized carbons (Fsp3) is 0.595. The molecule has 622 valence electrons. The molecule has 9 aromatic heterocycles. The van der Waals surface area contributed by atoms with Crippen LogP contribution in [0.4, 0.5) is 43.1 Å². The number of carbonyl (C=O) groups excluding carboxylic acids is 1. The van der Waals surface area contributed by atoms with Crippen LogP contribution in [-0.2, 0) is 24.0 Å². The standard InChI is InChI=1S/C31H46N8O3.C30H43N7O2.C23H29F2N5O3S/c1-6-38(21(2)3)31(41)37-15-13-36(14-16-37)29-17-24(11-12-32-29)26-18-27(23-7-9-25(40)10-8-23)39-28(26)19-33-30(35-39)34-22(4)20-42-5;1-21(20-39-2)33-30-32-18-28-26(17-27(37(28)34-30)23-6-8-25(38)9-7-23)24-10-11-31-29(16-24)36-14-12-35(13-15-36)19-22-4-3-5-22;1-14-4-6-16(7-5-14)19-10-18(17-8-9-21(26-11-17)34(3,31)32)20-12-27-23(29-30(19)20)28-15(2)13-33-22(24)25/h11-12,17-19,21-23,25,40H,6-10,13-16,20H2,1-5H3,(H,34,35);10-11,16-18,21-23,25,38H,3-9,12-15,19-20H2,1-2H3,(H,33,34);8-12,14-16,22H,4-7,13H2,1-3H3,(H,28,29)/t22-,23?,25?;21-,23?,25?;14?,15-,16?/m000/s1. The third-order valence-corrected chi connectivity index (χ3v) is 24.8. The van der Waals surface area contributed by atoms with Gasteiger partial charge in [-0.05, 0) is 196 Å². The minimum atomic E-state index is -3.40. The summed E-state index contributed by atoms with van der Waals surface area (Å²) < 4.78 is 69.2. The molecule has 31 heteroatoms. The predicted molar refractivity (Wildman–Crippen MR) is 444 cm³/mol. The second-order valence-corrected chi connectivity index (χ2v) is 34.8. The number of methoxy groups -OCH3 is 2. The third kappa shape index (κ3) is 20.9. The fourth-order valence-corrected chi connectivity index (χ4v) is 17.7. The predicted octanol–water partition coefficient (Wildman–Crippen LogP) is 12.9. The first-order valence-corrected chi connectivity index (χ1v) is 43.4. The molecular formula is C84H118F2N20O8S. The molecule has 2 saturated heterocycles. The number of urea groups is 1. The van der Waals surface area contributed by atoms with Crippen molar-refractivity contribution >= 4 is 61.9 Å². The molecule has 15 rings (SSSR count). The van der Waals surface area contributed by atoms with Crippen molar-refractivity contribution in [3.63, 3.8) is 0 Å². The number of hydrogen-bond donors (Lipinski definition) is 5. The number of aliphatic hydroxyl groups is 2. The van der Waals surface area contributed by atoms with E-state index in [9.17, 15) is 32.2 Å². The van der Waals surface area contributed by atoms with Crippen LogP contribution < -0.4 is 25.8 Å². The number of alkyl halides is 2. The lowest BCUT2D eigenvalue weighted by atomic mass is 9.81. The summed E-state index contributed by atoms with van der Waals surface area (Å²) in [6.45, 7) is 21.4. The maximum absolute atomic E-state index is 13.0. The lowest BCUT2D eigenvalue weighted by Crippen LogP contribution is -2.54. The number of piperazine rings is 2. The Morgan fingerprint density at radius 2 is 0.965 bits per heavy atom. The number of aliphatic hydroxyl groups excluding tert-OH is 2. The van der Waals surface area contributed by atoms with Gasteiger partial charge in [0.05, 0.1) is 67.2 Å². The van der Waals surface area contributed by atoms with Crippen LogP contribution in [0.3, 0.4) is 0 Å². The number of aromatic nitrogens is 12. The molecule has 28 nitrogen and oxygen atoms in total. The van der Waals surface area contributed by atoms with Gasteiger partial charge in [-0.2, -0.15) is 8.78 Å². The molecule has 0 bridgehead atoms. The molecule has 2 aliphatic heterocycles. The van der Waals surface area contributed by atoms with Gasteiger partial charge in [-0.1, -0.05) is 26.2 Å². The molecule has 4 saturated carbocycles. The molecule has 115 heavy (non-hydrogen) atoms. The van der Waals surface area contributed by atoms with Gasteiger partial charge in [0, 0.05) is 186 Å². The zero-order valence-corrected chi connectivity index (χ0v) is 69.3. The third-order valence-electron chi connectivity index (χ3n) is 23.8. The maximum Gasteiger partial charge on any atom is 0.345 e. The number of anilines is 5. The first-order valence-electron chi connectivity index (χ1n) is 41.5. The number of nitrogens with one attached hydrogen (secondary N) is 3. The Morgan fingerprint density at radius 1 is 0.539 bits per heavy atom. The van der Waals surface area contributed by atoms with Crippen molar-refractivity contribution in [3.05, 3.63) is 109 Å². The SMILES string of the molecule is CC1CCC(c2cc(-c3ccc(S(C)(=O)=O)nc3)c3cnc(N[C@@H](C)COC(F)F)nn23)CC1.CCN(C(=O)N1CCN(c2cc(-c3cc(C4CCC(O)CC4)n4nc(N[C@@H](C)COC)ncc34)ccn2)CC1)C(C)C.COC[C@H](C)Nc1ncc2c(-c3ccnc(N4CCN(CC5CCC5)CC4)c3)cc(C3CCC(O)CC3)n2n1. The van der Waals surface area contributed by atoms with E-state index in [0.29, 0.717) is 74.4 Å². The monoisotopic (exact) mass is 1600 g/mol. The number of amides is 2. The summed E-state index contributed by atoms with van der Waals surface area (Å²) in [5.41, 5.74) is 12.2. The number of rotatable bonds is 26. The minimum Gasteiger partial charge on any atom is -0.393 e. The molecule has 11 heterocycles. The highest BCUT2D eigenvalue weighted by Gasteiger charge is 2.33. The molecule has 0 spiro atoms. The molecule has 6 fully saturated rings. The average Bonchev–Trinajstić information content (AvgIpc) is 1.63. The van der Waals surface area contributed by atoms with Gasteiger partial charge in [0.25, 0.3) is 0 Å². The Kier molecular flexibility index (Phi) is 28.1. The topological polar surface area (TPSA) is 301 Å². The second-order valence-electron chi connectivity index (χ2n) is 32.9. The van der Waals surface area contributed by atoms with Crippen molar-refractivity contribution < 1.29 is 46.4 Å². The van der Waals surface area contributed by atoms with Crippen LogP contribution in [0.5, 0.6) is 0 Å². The van der Waals surface area contributed by atoms with Crippen LogP contribution in [0.2, 0.25) is 0 Å². The number of ether oxygens (including phenoxy) is 3. The summed E-state index contributed by atoms with van der Waals surface area (Å²) >= 11 is 0. The first kappa shape index (κ1) is 84.1. The zero-order valence-electron chi connectivity index (χ0n) is 68.5. The zero-order chi connectivity index (χ0) is 81.0. The lowest BCUT2D eigenvalue weighted by molar-refractivity contribution is -0.130. The maximum atomic E-state index is 13.0. The molecule has 0 unspecified atom stereocenters. The summed E-state index contributed by atoms with van der Waals surface area (Å²) in [6.07, 6.45) is 27.2. The van der Waals surface area contributed by atoms with Gasteiger partial charge in [-0.15, -0.1) is 15.3 Å². The Hall–Kier alpha value is -8.85. The summed E-state index contributed by atoms with van der Waals surface area (Å²) in [5.74, 6) is 6.04. The normalized spacial score (nSPS) is 21.3. The van der Waals surface area contributed by atoms with Crippen LogP contribution in [0, 0.1) is 11.8 Å². The largest absolute Gasteiger partial charge is 0.393 e. The van der Waals surface area contributed by atoms with E-state index in [0.717, 1.165) is 201 Å². The molecule has 2 amide bonds. The van der Waals surface area contributed by atoms with Crippen molar-refractivity contribution in [2.75, 3.05) is 131 Å². The van der Waals surface area contributed by atoms with Gasteiger partial charge in [0.1, 0.15) is 11.6 Å². The van der Waals surface area contributed by atoms with Gasteiger partial charge in [0.15, 0.2) is 14.9 Å². The Morgan fingerprint density at radius 3 is 1.35 bits per heavy atom. The molecule has 0 radical (unpaired) electrons. The lowest BCUT2D eigenvalue weighted by Gasteiger charge is -2.39. The number of sulfone groups is 1. The van der Waals surface area contributed by atoms with E-state index >= 15 is 0 Å². The number of hydrogen-bond acceptors (Lipinski definition) is 23. The van der Waals surface area contributed by atoms with Crippen LogP contribution in [0.25, 0.3) is 49.9 Å². The van der Waals surface area contributed by atoms with Gasteiger partial charge >= 0.3 is 12.6 Å². The summed E-state index contributed by atoms with van der Waals surface area (Å²) in [7, 11) is -0.00698. The van der Waals surface area contributed by atoms with Crippen molar-refractivity contribution in [1.82, 2.24) is 73.4 Å². The number of fused-ring (bicyclic) bond motifs is 3. The quantitative estimate of drug-likeness (QED) is 0.0336. The molecule has 0 aromatic carbocycles. The second kappa shape index (κ2) is 38.5. The number of halogens is 2. The summed E-state index contributed by atoms with van der Waals surface area (Å²) in [4.78, 5) is 51.5. The molecule has 3 atom stereocenters. The smallest absolute Gasteiger partial charge is 0.345 e. The highest BCUT2D eigenvalue weighted by Crippen LogP contribution is 2.43. The Balaban J connectivity index is 0.000000151. The van der Waals surface area contributed by atoms with E-state index in [1.54, 1.807) is 39.6 Å². The van der Waals surface area contributed by atoms with E-state index in [4.69, 9.17) is 29.6 Å². The van der Waals surface area contributed by atoms with Gasteiger partial charge in [-0.3, -0.25) is 4.90 Å². The Bertz CT molecular complexity index is 4780. The summed E-state index contributed by atoms with van der Waals surface area (Å²) in [5, 5.41) is 44.5. The van der Waals surface area contributed by atoms with E-state index in [1.807, 2.05) is 63.5 Å². The van der Waals surface area contributed by atoms with E-state index in [1.165, 1.54) is 37.6 Å². The van der Waals surface area contributed by atoms with Gasteiger partial charge in [-0.25, -0.2) is 56.7 Å².